The summed E-state index contributed by atoms with van der Waals surface area (Å²) in [6.45, 7) is 10.4. The minimum Gasteiger partial charge on any atom is -0.369 e. The number of nitrogens with one attached hydrogen (secondary N) is 1. The summed E-state index contributed by atoms with van der Waals surface area (Å²) in [5.41, 5.74) is 1.66. The van der Waals surface area contributed by atoms with Crippen molar-refractivity contribution in [2.75, 3.05) is 37.6 Å². The quantitative estimate of drug-likeness (QED) is 0.895. The maximum absolute atomic E-state index is 3.63. The fraction of sp³-hybridized carbons (Fsp3) is 0.625. The van der Waals surface area contributed by atoms with Crippen molar-refractivity contribution >= 4 is 21.6 Å². The molecular weight excluding hydrogens is 314 g/mol. The lowest BCUT2D eigenvalue weighted by molar-refractivity contribution is 0.191. The molecule has 1 N–H and O–H groups in total. The molecule has 0 radical (unpaired) electrons. The van der Waals surface area contributed by atoms with Gasteiger partial charge in [0.05, 0.1) is 0 Å². The maximum Gasteiger partial charge on any atom is 0.0367 e. The molecule has 0 spiro atoms. The Morgan fingerprint density at radius 3 is 2.30 bits per heavy atom. The monoisotopic (exact) mass is 337 g/mol. The number of piperazine rings is 1. The second-order valence-electron chi connectivity index (χ2n) is 6.62. The van der Waals surface area contributed by atoms with Crippen molar-refractivity contribution in [3.8, 4) is 0 Å². The molecule has 3 rings (SSSR count). The van der Waals surface area contributed by atoms with Gasteiger partial charge in [-0.3, -0.25) is 4.90 Å². The van der Waals surface area contributed by atoms with E-state index in [1.165, 1.54) is 25.2 Å². The molecule has 1 aromatic rings. The van der Waals surface area contributed by atoms with Crippen molar-refractivity contribution in [1.29, 1.82) is 0 Å². The summed E-state index contributed by atoms with van der Waals surface area (Å²) in [5.74, 6) is 0. The first-order valence-electron chi connectivity index (χ1n) is 7.53. The Hall–Kier alpha value is -0.580. The van der Waals surface area contributed by atoms with E-state index < -0.39 is 0 Å². The minimum atomic E-state index is 0.313. The van der Waals surface area contributed by atoms with Gasteiger partial charge in [0.1, 0.15) is 0 Å². The van der Waals surface area contributed by atoms with Crippen molar-refractivity contribution in [3.05, 3.63) is 28.7 Å². The number of anilines is 1. The van der Waals surface area contributed by atoms with Crippen molar-refractivity contribution in [1.82, 2.24) is 10.2 Å². The van der Waals surface area contributed by atoms with Crippen LogP contribution in [0.4, 0.5) is 5.69 Å². The average Bonchev–Trinajstić information content (AvgIpc) is 2.80. The summed E-state index contributed by atoms with van der Waals surface area (Å²) in [5, 5.41) is 3.63. The van der Waals surface area contributed by atoms with Crippen molar-refractivity contribution in [2.45, 2.75) is 31.8 Å². The van der Waals surface area contributed by atoms with Crippen LogP contribution in [0, 0.1) is 0 Å². The summed E-state index contributed by atoms with van der Waals surface area (Å²) in [7, 11) is 0. The van der Waals surface area contributed by atoms with Crippen LogP contribution in [0.5, 0.6) is 0 Å². The largest absolute Gasteiger partial charge is 0.369 e. The highest BCUT2D eigenvalue weighted by molar-refractivity contribution is 9.10. The number of hydrogen-bond donors (Lipinski definition) is 1. The first-order valence-corrected chi connectivity index (χ1v) is 8.32. The third-order valence-electron chi connectivity index (χ3n) is 4.58. The molecule has 4 heteroatoms. The third kappa shape index (κ3) is 3.18. The molecule has 0 bridgehead atoms. The molecule has 2 fully saturated rings. The topological polar surface area (TPSA) is 18.5 Å². The molecule has 2 saturated heterocycles. The van der Waals surface area contributed by atoms with E-state index in [0.717, 1.165) is 30.1 Å². The smallest absolute Gasteiger partial charge is 0.0367 e. The highest BCUT2D eigenvalue weighted by Gasteiger charge is 2.34. The summed E-state index contributed by atoms with van der Waals surface area (Å²) in [6, 6.07) is 9.40. The van der Waals surface area contributed by atoms with Crippen LogP contribution in [0.15, 0.2) is 28.7 Å². The predicted molar refractivity (Wildman–Crippen MR) is 88.4 cm³/mol. The normalized spacial score (nSPS) is 26.9. The van der Waals surface area contributed by atoms with Crippen molar-refractivity contribution in [3.63, 3.8) is 0 Å². The first kappa shape index (κ1) is 14.4. The number of benzene rings is 1. The van der Waals surface area contributed by atoms with Gasteiger partial charge in [0.15, 0.2) is 0 Å². The lowest BCUT2D eigenvalue weighted by atomic mass is 10.0. The molecule has 1 atom stereocenters. The van der Waals surface area contributed by atoms with E-state index >= 15 is 0 Å². The first-order chi connectivity index (χ1) is 9.53. The fourth-order valence-electron chi connectivity index (χ4n) is 3.38. The molecule has 2 heterocycles. The predicted octanol–water partition coefficient (Wildman–Crippen LogP) is 2.71. The van der Waals surface area contributed by atoms with E-state index in [9.17, 15) is 0 Å². The molecule has 0 aromatic heterocycles. The van der Waals surface area contributed by atoms with Gasteiger partial charge in [-0.25, -0.2) is 0 Å². The molecule has 110 valence electrons. The van der Waals surface area contributed by atoms with Gasteiger partial charge in [-0.15, -0.1) is 0 Å². The van der Waals surface area contributed by atoms with Gasteiger partial charge >= 0.3 is 0 Å². The molecule has 20 heavy (non-hydrogen) atoms. The summed E-state index contributed by atoms with van der Waals surface area (Å²) in [6.07, 6.45) is 1.27. The van der Waals surface area contributed by atoms with Crippen LogP contribution in [0.3, 0.4) is 0 Å². The van der Waals surface area contributed by atoms with Crippen LogP contribution in [-0.4, -0.2) is 49.2 Å². The van der Waals surface area contributed by atoms with Gasteiger partial charge in [-0.1, -0.05) is 15.9 Å². The summed E-state index contributed by atoms with van der Waals surface area (Å²) >= 11 is 3.50. The van der Waals surface area contributed by atoms with Gasteiger partial charge in [-0.2, -0.15) is 0 Å². The van der Waals surface area contributed by atoms with Gasteiger partial charge in [0, 0.05) is 54.5 Å². The Morgan fingerprint density at radius 1 is 1.10 bits per heavy atom. The lowest BCUT2D eigenvalue weighted by Crippen LogP contribution is -2.51. The van der Waals surface area contributed by atoms with E-state index in [4.69, 9.17) is 0 Å². The molecule has 0 amide bonds. The molecule has 2 aliphatic heterocycles. The highest BCUT2D eigenvalue weighted by atomic mass is 79.9. The SMILES string of the molecule is CC1(C)CC(N2CCN(c3ccc(Br)cc3)CC2)CN1. The third-order valence-corrected chi connectivity index (χ3v) is 5.11. The Balaban J connectivity index is 1.56. The Bertz CT molecular complexity index is 449. The van der Waals surface area contributed by atoms with Gasteiger partial charge < -0.3 is 10.2 Å². The summed E-state index contributed by atoms with van der Waals surface area (Å²) < 4.78 is 1.15. The molecular formula is C16H24BrN3. The minimum absolute atomic E-state index is 0.313. The zero-order chi connectivity index (χ0) is 14.2. The van der Waals surface area contributed by atoms with Crippen LogP contribution in [0.1, 0.15) is 20.3 Å². The van der Waals surface area contributed by atoms with E-state index in [2.05, 4.69) is 69.2 Å². The van der Waals surface area contributed by atoms with Crippen molar-refractivity contribution in [2.24, 2.45) is 0 Å². The zero-order valence-electron chi connectivity index (χ0n) is 12.4. The Kier molecular flexibility index (Phi) is 4.07. The molecule has 1 aromatic carbocycles. The molecule has 0 saturated carbocycles. The second-order valence-corrected chi connectivity index (χ2v) is 7.54. The molecule has 3 nitrogen and oxygen atoms in total. The van der Waals surface area contributed by atoms with Crippen LogP contribution >= 0.6 is 15.9 Å². The fourth-order valence-corrected chi connectivity index (χ4v) is 3.65. The lowest BCUT2D eigenvalue weighted by Gasteiger charge is -2.39. The van der Waals surface area contributed by atoms with Gasteiger partial charge in [-0.05, 0) is 44.5 Å². The van der Waals surface area contributed by atoms with E-state index in [-0.39, 0.29) is 0 Å². The van der Waals surface area contributed by atoms with Crippen LogP contribution in [-0.2, 0) is 0 Å². The molecule has 1 unspecified atom stereocenters. The number of halogens is 1. The average molecular weight is 338 g/mol. The number of nitrogens with zero attached hydrogens (tertiary/aromatic N) is 2. The van der Waals surface area contributed by atoms with Crippen LogP contribution in [0.2, 0.25) is 0 Å². The van der Waals surface area contributed by atoms with Gasteiger partial charge in [0.25, 0.3) is 0 Å². The van der Waals surface area contributed by atoms with E-state index in [0.29, 0.717) is 5.54 Å². The highest BCUT2D eigenvalue weighted by Crippen LogP contribution is 2.25. The van der Waals surface area contributed by atoms with E-state index in [1.54, 1.807) is 0 Å². The second kappa shape index (κ2) is 5.66. The van der Waals surface area contributed by atoms with Gasteiger partial charge in [0.2, 0.25) is 0 Å². The zero-order valence-corrected chi connectivity index (χ0v) is 14.0. The Labute approximate surface area is 130 Å². The Morgan fingerprint density at radius 2 is 1.75 bits per heavy atom. The molecule has 2 aliphatic rings. The molecule has 0 aliphatic carbocycles. The summed E-state index contributed by atoms with van der Waals surface area (Å²) in [4.78, 5) is 5.16. The van der Waals surface area contributed by atoms with Crippen molar-refractivity contribution < 1.29 is 0 Å². The standard InChI is InChI=1S/C16H24BrN3/c1-16(2)11-15(12-18-16)20-9-7-19(8-10-20)14-5-3-13(17)4-6-14/h3-6,15,18H,7-12H2,1-2H3. The maximum atomic E-state index is 3.63. The van der Waals surface area contributed by atoms with E-state index in [1.807, 2.05) is 0 Å². The van der Waals surface area contributed by atoms with Crippen LogP contribution in [0.25, 0.3) is 0 Å². The number of hydrogen-bond acceptors (Lipinski definition) is 3. The number of rotatable bonds is 2. The van der Waals surface area contributed by atoms with Crippen LogP contribution < -0.4 is 10.2 Å².